The summed E-state index contributed by atoms with van der Waals surface area (Å²) in [7, 11) is 0. The van der Waals surface area contributed by atoms with Gasteiger partial charge in [-0.1, -0.05) is 25.4 Å². The van der Waals surface area contributed by atoms with E-state index >= 15 is 0 Å². The molecule has 2 aromatic rings. The van der Waals surface area contributed by atoms with Crippen molar-refractivity contribution in [3.05, 3.63) is 29.3 Å². The Kier molecular flexibility index (Phi) is 6.90. The Labute approximate surface area is 183 Å². The Hall–Kier alpha value is -2.29. The second-order valence-electron chi connectivity index (χ2n) is 8.40. The minimum absolute atomic E-state index is 0.00230. The molecule has 3 rings (SSSR count). The molecule has 0 amide bonds. The van der Waals surface area contributed by atoms with Crippen molar-refractivity contribution in [1.82, 2.24) is 15.5 Å². The topological polar surface area (TPSA) is 88.6 Å². The molecule has 1 aliphatic heterocycles. The van der Waals surface area contributed by atoms with E-state index in [9.17, 15) is 5.11 Å². The number of hydrogen-bond donors (Lipinski definition) is 4. The lowest BCUT2D eigenvalue weighted by molar-refractivity contribution is 0.248. The molecule has 1 aromatic carbocycles. The number of halogens is 1. The summed E-state index contributed by atoms with van der Waals surface area (Å²) < 4.78 is 0. The molecule has 0 radical (unpaired) electrons. The van der Waals surface area contributed by atoms with Crippen LogP contribution in [0.3, 0.4) is 0 Å². The molecule has 1 aromatic heterocycles. The molecule has 30 heavy (non-hydrogen) atoms. The van der Waals surface area contributed by atoms with Gasteiger partial charge in [-0.25, -0.2) is 0 Å². The van der Waals surface area contributed by atoms with Crippen molar-refractivity contribution < 1.29 is 5.11 Å². The van der Waals surface area contributed by atoms with Crippen molar-refractivity contribution in [1.29, 1.82) is 0 Å². The van der Waals surface area contributed by atoms with Crippen molar-refractivity contribution >= 4 is 40.6 Å². The molecule has 0 unspecified atom stereocenters. The number of fused-ring (bicyclic) bond motifs is 1. The van der Waals surface area contributed by atoms with Gasteiger partial charge in [0.1, 0.15) is 5.69 Å². The van der Waals surface area contributed by atoms with Gasteiger partial charge in [0.2, 0.25) is 5.95 Å². The molecule has 1 atom stereocenters. The van der Waals surface area contributed by atoms with Gasteiger partial charge in [-0.05, 0) is 57.9 Å². The normalized spacial score (nSPS) is 14.6. The van der Waals surface area contributed by atoms with E-state index in [-0.39, 0.29) is 30.7 Å². The van der Waals surface area contributed by atoms with Gasteiger partial charge in [0.25, 0.3) is 0 Å². The van der Waals surface area contributed by atoms with E-state index in [4.69, 9.17) is 21.6 Å². The Balaban J connectivity index is 2.09. The maximum Gasteiger partial charge on any atom is 0.227 e. The van der Waals surface area contributed by atoms with E-state index in [0.717, 1.165) is 17.2 Å². The zero-order valence-corrected chi connectivity index (χ0v) is 19.2. The average molecular weight is 434 g/mol. The summed E-state index contributed by atoms with van der Waals surface area (Å²) in [6.07, 6.45) is 0. The second-order valence-corrected chi connectivity index (χ2v) is 8.84. The summed E-state index contributed by atoms with van der Waals surface area (Å²) >= 11 is 6.04. The third kappa shape index (κ3) is 4.71. The van der Waals surface area contributed by atoms with Gasteiger partial charge >= 0.3 is 0 Å². The van der Waals surface area contributed by atoms with E-state index in [1.807, 2.05) is 29.3 Å². The first kappa shape index (κ1) is 22.4. The van der Waals surface area contributed by atoms with Crippen LogP contribution in [0.1, 0.15) is 41.5 Å². The maximum atomic E-state index is 9.76. The Bertz CT molecular complexity index is 857. The molecular formula is C21H32ClN7O. The summed E-state index contributed by atoms with van der Waals surface area (Å²) in [5, 5.41) is 21.2. The monoisotopic (exact) mass is 433 g/mol. The summed E-state index contributed by atoms with van der Waals surface area (Å²) in [4.78, 5) is 9.58. The number of aromatic nitrogens is 2. The number of hydrogen-bond acceptors (Lipinski definition) is 8. The molecule has 2 heterocycles. The molecule has 0 saturated carbocycles. The highest BCUT2D eigenvalue weighted by Gasteiger charge is 2.35. The largest absolute Gasteiger partial charge is 0.394 e. The van der Waals surface area contributed by atoms with Crippen molar-refractivity contribution in [2.24, 2.45) is 5.92 Å². The molecule has 4 N–H and O–H groups in total. The van der Waals surface area contributed by atoms with Crippen molar-refractivity contribution in [3.63, 3.8) is 0 Å². The number of aliphatic hydroxyl groups excluding tert-OH is 1. The number of nitrogens with zero attached hydrogens (tertiary/aromatic N) is 4. The average Bonchev–Trinajstić information content (AvgIpc) is 3.08. The zero-order chi connectivity index (χ0) is 22.0. The second kappa shape index (κ2) is 9.24. The van der Waals surface area contributed by atoms with Crippen molar-refractivity contribution in [2.45, 2.75) is 59.7 Å². The van der Waals surface area contributed by atoms with Crippen LogP contribution in [0.25, 0.3) is 0 Å². The highest BCUT2D eigenvalue weighted by molar-refractivity contribution is 6.30. The van der Waals surface area contributed by atoms with Crippen LogP contribution >= 0.6 is 11.6 Å². The lowest BCUT2D eigenvalue weighted by Crippen LogP contribution is -2.50. The predicted molar refractivity (Wildman–Crippen MR) is 124 cm³/mol. The molecule has 0 saturated heterocycles. The summed E-state index contributed by atoms with van der Waals surface area (Å²) in [5.74, 6) is 2.16. The lowest BCUT2D eigenvalue weighted by Gasteiger charge is -2.27. The molecule has 0 aliphatic carbocycles. The van der Waals surface area contributed by atoms with Gasteiger partial charge in [-0.3, -0.25) is 10.0 Å². The molecule has 0 spiro atoms. The lowest BCUT2D eigenvalue weighted by atomic mass is 10.1. The highest BCUT2D eigenvalue weighted by Crippen LogP contribution is 2.41. The predicted octanol–water partition coefficient (Wildman–Crippen LogP) is 4.17. The number of hydrazine groups is 2. The maximum absolute atomic E-state index is 9.76. The van der Waals surface area contributed by atoms with E-state index in [2.05, 4.69) is 62.7 Å². The van der Waals surface area contributed by atoms with Gasteiger partial charge in [0.15, 0.2) is 11.6 Å². The minimum Gasteiger partial charge on any atom is -0.394 e. The van der Waals surface area contributed by atoms with Crippen LogP contribution in [0.15, 0.2) is 24.3 Å². The zero-order valence-electron chi connectivity index (χ0n) is 18.4. The van der Waals surface area contributed by atoms with Gasteiger partial charge in [-0.2, -0.15) is 9.97 Å². The standard InChI is InChI=1S/C21H32ClN7O/c1-12(2)17(11-30)24-21-25-19(23-16-9-7-15(22)8-10-16)18-20(26-21)29(14(5)6)27-28(18)13(3)4/h7-10,12-14,17,27,30H,11H2,1-6H3,(H2,23,24,25,26)/t17-/m0/s1. The fourth-order valence-corrected chi connectivity index (χ4v) is 3.32. The number of rotatable bonds is 8. The van der Waals surface area contributed by atoms with Crippen LogP contribution in [0.2, 0.25) is 5.02 Å². The molecule has 164 valence electrons. The summed E-state index contributed by atoms with van der Waals surface area (Å²) in [6, 6.07) is 7.72. The van der Waals surface area contributed by atoms with Crippen molar-refractivity contribution in [2.75, 3.05) is 27.3 Å². The SMILES string of the molecule is CC(C)[C@H](CO)Nc1nc(Nc2ccc(Cl)cc2)c2c(n1)N(C(C)C)NN2C(C)C. The Morgan fingerprint density at radius 1 is 1.00 bits per heavy atom. The smallest absolute Gasteiger partial charge is 0.227 e. The molecular weight excluding hydrogens is 402 g/mol. The first-order chi connectivity index (χ1) is 14.2. The fraction of sp³-hybridized carbons (Fsp3) is 0.524. The van der Waals surface area contributed by atoms with E-state index < -0.39 is 0 Å². The minimum atomic E-state index is -0.144. The van der Waals surface area contributed by atoms with Gasteiger partial charge in [0.05, 0.1) is 12.6 Å². The highest BCUT2D eigenvalue weighted by atomic mass is 35.5. The van der Waals surface area contributed by atoms with Gasteiger partial charge in [-0.15, -0.1) is 5.53 Å². The van der Waals surface area contributed by atoms with Gasteiger partial charge in [0, 0.05) is 22.8 Å². The number of aliphatic hydroxyl groups is 1. The Morgan fingerprint density at radius 2 is 1.63 bits per heavy atom. The van der Waals surface area contributed by atoms with E-state index in [0.29, 0.717) is 16.8 Å². The third-order valence-electron chi connectivity index (χ3n) is 5.01. The molecule has 8 nitrogen and oxygen atoms in total. The van der Waals surface area contributed by atoms with Crippen LogP contribution < -0.4 is 26.2 Å². The number of anilines is 5. The van der Waals surface area contributed by atoms with Gasteiger partial charge < -0.3 is 15.7 Å². The summed E-state index contributed by atoms with van der Waals surface area (Å²) in [6.45, 7) is 12.5. The molecule has 1 aliphatic rings. The third-order valence-corrected chi connectivity index (χ3v) is 5.26. The number of benzene rings is 1. The molecule has 0 fully saturated rings. The van der Waals surface area contributed by atoms with Crippen LogP contribution in [0, 0.1) is 5.92 Å². The number of nitrogens with one attached hydrogen (secondary N) is 3. The van der Waals surface area contributed by atoms with E-state index in [1.165, 1.54) is 0 Å². The van der Waals surface area contributed by atoms with Crippen molar-refractivity contribution in [3.8, 4) is 0 Å². The molecule has 9 heteroatoms. The first-order valence-electron chi connectivity index (χ1n) is 10.4. The van der Waals surface area contributed by atoms with E-state index in [1.54, 1.807) is 0 Å². The summed E-state index contributed by atoms with van der Waals surface area (Å²) in [5.41, 5.74) is 5.19. The Morgan fingerprint density at radius 3 is 2.17 bits per heavy atom. The van der Waals surface area contributed by atoms with Crippen LogP contribution in [0.4, 0.5) is 29.0 Å². The molecule has 0 bridgehead atoms. The fourth-order valence-electron chi connectivity index (χ4n) is 3.19. The van der Waals surface area contributed by atoms with Crippen LogP contribution in [0.5, 0.6) is 0 Å². The quantitative estimate of drug-likeness (QED) is 0.493. The first-order valence-corrected chi connectivity index (χ1v) is 10.8. The van der Waals surface area contributed by atoms with Crippen LogP contribution in [-0.4, -0.2) is 39.8 Å². The van der Waals surface area contributed by atoms with Crippen LogP contribution in [-0.2, 0) is 0 Å².